The Morgan fingerprint density at radius 1 is 0.889 bits per heavy atom. The molecule has 0 unspecified atom stereocenters. The maximum absolute atomic E-state index is 12.8. The molecule has 0 N–H and O–H groups in total. The number of ether oxygens (including phenoxy) is 1. The Morgan fingerprint density at radius 2 is 1.44 bits per heavy atom. The highest BCUT2D eigenvalue weighted by atomic mass is 79.9. The average Bonchev–Trinajstić information content (AvgIpc) is 2.91. The predicted molar refractivity (Wildman–Crippen MR) is 114 cm³/mol. The SMILES string of the molecule is CCOC(=O)c1c2cccccc-2nc1-c1c(Br)c2cccccc-2c1Br. The first-order valence-corrected chi connectivity index (χ1v) is 10.1. The normalized spacial score (nSPS) is 11.1. The van der Waals surface area contributed by atoms with E-state index < -0.39 is 0 Å². The van der Waals surface area contributed by atoms with Crippen molar-refractivity contribution < 1.29 is 9.53 Å². The standard InChI is InChI=1S/C22H15Br2NO2/c1-2-27-22(26)17-15-11-7-4-8-12-16(15)25-21(17)18-19(23)13-9-5-3-6-10-14(13)20(18)24/h3-12H,2H2,1H3. The van der Waals surface area contributed by atoms with Crippen molar-refractivity contribution in [3.63, 3.8) is 0 Å². The smallest absolute Gasteiger partial charge is 0.341 e. The van der Waals surface area contributed by atoms with E-state index in [-0.39, 0.29) is 5.97 Å². The summed E-state index contributed by atoms with van der Waals surface area (Å²) in [5.74, 6) is -0.365. The van der Waals surface area contributed by atoms with Crippen molar-refractivity contribution in [1.29, 1.82) is 0 Å². The van der Waals surface area contributed by atoms with E-state index in [1.54, 1.807) is 6.92 Å². The van der Waals surface area contributed by atoms with Crippen molar-refractivity contribution in [2.45, 2.75) is 6.92 Å². The molecule has 0 saturated carbocycles. The molecule has 0 saturated heterocycles. The number of carbonyl (C=O) groups excluding carboxylic acids is 1. The van der Waals surface area contributed by atoms with Crippen LogP contribution in [0.3, 0.4) is 0 Å². The molecule has 5 heteroatoms. The van der Waals surface area contributed by atoms with Gasteiger partial charge in [0.15, 0.2) is 0 Å². The van der Waals surface area contributed by atoms with Crippen molar-refractivity contribution in [3.8, 4) is 33.6 Å². The van der Waals surface area contributed by atoms with Crippen LogP contribution >= 0.6 is 31.9 Å². The summed E-state index contributed by atoms with van der Waals surface area (Å²) in [4.78, 5) is 17.6. The van der Waals surface area contributed by atoms with E-state index in [4.69, 9.17) is 9.72 Å². The van der Waals surface area contributed by atoms with Gasteiger partial charge in [-0.05, 0) is 56.0 Å². The number of hydrogen-bond acceptors (Lipinski definition) is 3. The van der Waals surface area contributed by atoms with Crippen molar-refractivity contribution in [1.82, 2.24) is 4.98 Å². The molecule has 4 rings (SSSR count). The molecule has 0 fully saturated rings. The number of nitrogens with zero attached hydrogens (tertiary/aromatic N) is 1. The molecule has 0 aromatic rings. The van der Waals surface area contributed by atoms with Crippen LogP contribution in [0.4, 0.5) is 0 Å². The first-order valence-electron chi connectivity index (χ1n) is 8.55. The van der Waals surface area contributed by atoms with Crippen molar-refractivity contribution >= 4 is 37.8 Å². The highest BCUT2D eigenvalue weighted by Crippen LogP contribution is 2.50. The molecule has 1 aliphatic heterocycles. The van der Waals surface area contributed by atoms with E-state index in [0.29, 0.717) is 17.9 Å². The number of rotatable bonds is 3. The van der Waals surface area contributed by atoms with Crippen LogP contribution in [-0.4, -0.2) is 17.6 Å². The van der Waals surface area contributed by atoms with Crippen molar-refractivity contribution in [3.05, 3.63) is 75.2 Å². The maximum atomic E-state index is 12.8. The number of aromatic nitrogens is 1. The fourth-order valence-corrected chi connectivity index (χ4v) is 4.97. The molecule has 0 aromatic heterocycles. The average molecular weight is 485 g/mol. The lowest BCUT2D eigenvalue weighted by atomic mass is 10.1. The Hall–Kier alpha value is -2.24. The molecule has 0 aromatic carbocycles. The molecule has 0 bridgehead atoms. The highest BCUT2D eigenvalue weighted by Gasteiger charge is 2.30. The third-order valence-corrected chi connectivity index (χ3v) is 6.07. The zero-order valence-corrected chi connectivity index (χ0v) is 17.7. The minimum atomic E-state index is -0.365. The highest BCUT2D eigenvalue weighted by molar-refractivity contribution is 9.11. The van der Waals surface area contributed by atoms with Crippen LogP contribution in [0.2, 0.25) is 0 Å². The molecular weight excluding hydrogens is 470 g/mol. The Balaban J connectivity index is 2.08. The van der Waals surface area contributed by atoms with Crippen LogP contribution in [0.5, 0.6) is 0 Å². The second-order valence-corrected chi connectivity index (χ2v) is 7.59. The van der Waals surface area contributed by atoms with E-state index in [1.807, 2.05) is 60.7 Å². The minimum absolute atomic E-state index is 0.311. The van der Waals surface area contributed by atoms with E-state index in [9.17, 15) is 4.79 Å². The number of carbonyl (C=O) groups is 1. The minimum Gasteiger partial charge on any atom is -0.462 e. The van der Waals surface area contributed by atoms with Gasteiger partial charge >= 0.3 is 5.97 Å². The Kier molecular flexibility index (Phi) is 4.98. The van der Waals surface area contributed by atoms with E-state index in [0.717, 1.165) is 36.9 Å². The summed E-state index contributed by atoms with van der Waals surface area (Å²) in [6, 6.07) is 19.6. The lowest BCUT2D eigenvalue weighted by Crippen LogP contribution is -2.06. The summed E-state index contributed by atoms with van der Waals surface area (Å²) in [5, 5.41) is 0. The van der Waals surface area contributed by atoms with Gasteiger partial charge < -0.3 is 4.74 Å². The van der Waals surface area contributed by atoms with Gasteiger partial charge in [0.25, 0.3) is 0 Å². The molecule has 0 atom stereocenters. The molecule has 0 spiro atoms. The molecule has 134 valence electrons. The summed E-state index contributed by atoms with van der Waals surface area (Å²) in [6.45, 7) is 2.11. The zero-order chi connectivity index (χ0) is 19.0. The lowest BCUT2D eigenvalue weighted by molar-refractivity contribution is 0.0528. The van der Waals surface area contributed by atoms with Crippen molar-refractivity contribution in [2.24, 2.45) is 0 Å². The van der Waals surface area contributed by atoms with Gasteiger partial charge in [-0.1, -0.05) is 54.6 Å². The molecule has 0 radical (unpaired) electrons. The summed E-state index contributed by atoms with van der Waals surface area (Å²) in [5.41, 5.74) is 5.61. The first kappa shape index (κ1) is 18.1. The van der Waals surface area contributed by atoms with Crippen LogP contribution in [0.15, 0.2) is 69.6 Å². The fraction of sp³-hybridized carbons (Fsp3) is 0.0909. The largest absolute Gasteiger partial charge is 0.462 e. The number of esters is 1. The fourth-order valence-electron chi connectivity index (χ4n) is 3.25. The van der Waals surface area contributed by atoms with Crippen LogP contribution in [0, 0.1) is 0 Å². The van der Waals surface area contributed by atoms with Crippen LogP contribution in [0.25, 0.3) is 33.6 Å². The second-order valence-electron chi connectivity index (χ2n) is 6.01. The van der Waals surface area contributed by atoms with Gasteiger partial charge in [-0.2, -0.15) is 0 Å². The van der Waals surface area contributed by atoms with Gasteiger partial charge in [0.05, 0.1) is 23.6 Å². The quantitative estimate of drug-likeness (QED) is 0.305. The number of halogens is 2. The number of hydrogen-bond donors (Lipinski definition) is 0. The van der Waals surface area contributed by atoms with Gasteiger partial charge in [-0.3, -0.25) is 0 Å². The third kappa shape index (κ3) is 3.05. The predicted octanol–water partition coefficient (Wildman–Crippen LogP) is 6.66. The summed E-state index contributed by atoms with van der Waals surface area (Å²) in [7, 11) is 0. The molecule has 0 amide bonds. The summed E-state index contributed by atoms with van der Waals surface area (Å²) in [6.07, 6.45) is 0. The van der Waals surface area contributed by atoms with Crippen LogP contribution in [0.1, 0.15) is 17.3 Å². The number of fused-ring (bicyclic) bond motifs is 2. The molecule has 3 nitrogen and oxygen atoms in total. The topological polar surface area (TPSA) is 39.2 Å². The van der Waals surface area contributed by atoms with Gasteiger partial charge in [-0.15, -0.1) is 0 Å². The maximum Gasteiger partial charge on any atom is 0.341 e. The molecule has 27 heavy (non-hydrogen) atoms. The Labute approximate surface area is 174 Å². The van der Waals surface area contributed by atoms with Gasteiger partial charge in [0.1, 0.15) is 0 Å². The summed E-state index contributed by atoms with van der Waals surface area (Å²) < 4.78 is 7.15. The second kappa shape index (κ2) is 7.41. The van der Waals surface area contributed by atoms with Gasteiger partial charge in [0, 0.05) is 20.1 Å². The lowest BCUT2D eigenvalue weighted by Gasteiger charge is -2.05. The Morgan fingerprint density at radius 3 is 2.04 bits per heavy atom. The molecule has 4 aliphatic rings. The Bertz CT molecular complexity index is 1060. The van der Waals surface area contributed by atoms with Gasteiger partial charge in [-0.25, -0.2) is 9.78 Å². The zero-order valence-electron chi connectivity index (χ0n) is 14.5. The molecule has 3 aliphatic carbocycles. The van der Waals surface area contributed by atoms with Crippen LogP contribution in [-0.2, 0) is 4.74 Å². The van der Waals surface area contributed by atoms with E-state index in [2.05, 4.69) is 31.9 Å². The third-order valence-electron chi connectivity index (χ3n) is 4.42. The van der Waals surface area contributed by atoms with Gasteiger partial charge in [0.2, 0.25) is 0 Å². The van der Waals surface area contributed by atoms with E-state index in [1.165, 1.54) is 0 Å². The monoisotopic (exact) mass is 483 g/mol. The molecule has 1 heterocycles. The first-order chi connectivity index (χ1) is 13.1. The van der Waals surface area contributed by atoms with Crippen LogP contribution < -0.4 is 0 Å². The van der Waals surface area contributed by atoms with Crippen molar-refractivity contribution in [2.75, 3.05) is 6.61 Å². The molecular formula is C22H15Br2NO2. The van der Waals surface area contributed by atoms with E-state index >= 15 is 0 Å². The summed E-state index contributed by atoms with van der Waals surface area (Å²) >= 11 is 7.45.